The third-order valence-electron chi connectivity index (χ3n) is 5.61. The van der Waals surface area contributed by atoms with Crippen LogP contribution in [0.25, 0.3) is 0 Å². The van der Waals surface area contributed by atoms with E-state index < -0.39 is 20.0 Å². The number of quaternary nitrogens is 2. The number of likely N-dealkylation sites (N-methyl/N-ethyl adjacent to an activating group) is 2. The summed E-state index contributed by atoms with van der Waals surface area (Å²) < 4.78 is 22.4. The maximum absolute atomic E-state index is 11.9. The molecule has 0 heterocycles. The van der Waals surface area contributed by atoms with E-state index in [4.69, 9.17) is 9.05 Å². The minimum Gasteiger partial charge on any atom is -1.00 e. The van der Waals surface area contributed by atoms with E-state index in [1.54, 1.807) is 18.4 Å². The van der Waals surface area contributed by atoms with Crippen molar-refractivity contribution in [1.82, 2.24) is 0 Å². The Kier molecular flexibility index (Phi) is 27.1. The van der Waals surface area contributed by atoms with Gasteiger partial charge in [0.15, 0.2) is 0 Å². The lowest BCUT2D eigenvalue weighted by atomic mass is 10.0. The van der Waals surface area contributed by atoms with E-state index in [1.165, 1.54) is 64.2 Å². The molecule has 7 nitrogen and oxygen atoms in total. The molecule has 0 aliphatic heterocycles. The van der Waals surface area contributed by atoms with Gasteiger partial charge in [0.2, 0.25) is 0 Å². The van der Waals surface area contributed by atoms with Crippen molar-refractivity contribution in [2.45, 2.75) is 96.1 Å². The van der Waals surface area contributed by atoms with Gasteiger partial charge in [-0.05, 0) is 12.8 Å². The molecule has 0 aliphatic carbocycles. The molecule has 10 heteroatoms. The van der Waals surface area contributed by atoms with E-state index in [0.29, 0.717) is 11.0 Å². The molecule has 3 atom stereocenters. The third kappa shape index (κ3) is 25.4. The highest BCUT2D eigenvalue weighted by molar-refractivity contribution is 7.45. The number of nitrogens with two attached hydrogens (primary N) is 1. The summed E-state index contributed by atoms with van der Waals surface area (Å²) in [6, 6.07) is -0.396. The first-order valence-electron chi connectivity index (χ1n) is 12.7. The molecule has 0 amide bonds. The van der Waals surface area contributed by atoms with E-state index in [2.05, 4.69) is 6.92 Å². The van der Waals surface area contributed by atoms with Gasteiger partial charge in [0, 0.05) is 0 Å². The van der Waals surface area contributed by atoms with Crippen LogP contribution in [0, 0.1) is 0 Å². The molecule has 0 saturated heterocycles. The summed E-state index contributed by atoms with van der Waals surface area (Å²) in [6.07, 6.45) is 18.4. The maximum atomic E-state index is 11.9. The molecule has 0 aromatic rings. The Morgan fingerprint density at radius 1 is 0.941 bits per heavy atom. The molecular formula is C24H52Cl2N2O5P-. The smallest absolute Gasteiger partial charge is 0.268 e. The van der Waals surface area contributed by atoms with Crippen molar-refractivity contribution in [3.8, 4) is 0 Å². The van der Waals surface area contributed by atoms with Crippen LogP contribution in [0.5, 0.6) is 0 Å². The Hall–Kier alpha value is 0.310. The second-order valence-corrected chi connectivity index (χ2v) is 11.2. The van der Waals surface area contributed by atoms with Crippen molar-refractivity contribution in [2.24, 2.45) is 0 Å². The highest BCUT2D eigenvalue weighted by Gasteiger charge is 2.22. The minimum absolute atomic E-state index is 0. The van der Waals surface area contributed by atoms with Crippen LogP contribution >= 0.6 is 7.82 Å². The quantitative estimate of drug-likeness (QED) is 0.0667. The van der Waals surface area contributed by atoms with Crippen LogP contribution in [0.4, 0.5) is 0 Å². The number of allylic oxidation sites excluding steroid dienone is 1. The van der Waals surface area contributed by atoms with Gasteiger partial charge < -0.3 is 53.7 Å². The van der Waals surface area contributed by atoms with Crippen molar-refractivity contribution in [1.29, 1.82) is 0 Å². The van der Waals surface area contributed by atoms with E-state index in [1.807, 2.05) is 27.2 Å². The predicted octanol–water partition coefficient (Wildman–Crippen LogP) is -2.62. The zero-order valence-electron chi connectivity index (χ0n) is 22.2. The topological polar surface area (TPSA) is 95.4 Å². The van der Waals surface area contributed by atoms with E-state index in [9.17, 15) is 14.6 Å². The molecule has 0 aliphatic rings. The van der Waals surface area contributed by atoms with Gasteiger partial charge in [-0.25, -0.2) is 0 Å². The van der Waals surface area contributed by atoms with E-state index in [-0.39, 0.29) is 38.0 Å². The fourth-order valence-corrected chi connectivity index (χ4v) is 4.07. The number of phosphoric acid groups is 1. The zero-order valence-corrected chi connectivity index (χ0v) is 24.6. The molecule has 0 saturated carbocycles. The fraction of sp³-hybridized carbons (Fsp3) is 0.917. The number of aliphatic hydroxyl groups is 1. The fourth-order valence-electron chi connectivity index (χ4n) is 3.34. The number of hydrogen-bond donors (Lipinski definition) is 2. The van der Waals surface area contributed by atoms with Crippen LogP contribution in [0.1, 0.15) is 84.0 Å². The number of rotatable bonds is 22. The summed E-state index contributed by atoms with van der Waals surface area (Å²) in [5.74, 6) is 0. The largest absolute Gasteiger partial charge is 1.00 e. The molecule has 208 valence electrons. The molecule has 0 rings (SSSR count). The normalized spacial score (nSPS) is 15.4. The standard InChI is InChI=1S/C24H51N2O5P.2ClH/c1-6-7-8-9-10-11-12-13-14-15-16-17-18-19-24(27)23(25-2)22-31-32(28,29)30-21-20-26(3,4)5;;/h18-19,23-25,27H,6-17,20-22H2,1-5H3;2*1H/p-1/b19-18+;;/t23-,24+;;/m0../s1. The van der Waals surface area contributed by atoms with Gasteiger partial charge in [0.1, 0.15) is 31.9 Å². The third-order valence-corrected chi connectivity index (χ3v) is 6.58. The average molecular weight is 551 g/mol. The highest BCUT2D eigenvalue weighted by atomic mass is 35.5. The SMILES string of the molecule is CCCCCCCCCCCCC/C=C/[C@@H](O)[C@H](COP(=O)([O-])OCC[N+](C)(C)C)[NH2+]C.[Cl-].[Cl-]. The second-order valence-electron chi connectivity index (χ2n) is 9.83. The summed E-state index contributed by atoms with van der Waals surface area (Å²) >= 11 is 0. The summed E-state index contributed by atoms with van der Waals surface area (Å²) in [6.45, 7) is 2.77. The highest BCUT2D eigenvalue weighted by Crippen LogP contribution is 2.38. The summed E-state index contributed by atoms with van der Waals surface area (Å²) in [4.78, 5) is 11.9. The summed E-state index contributed by atoms with van der Waals surface area (Å²) in [7, 11) is 3.31. The lowest BCUT2D eigenvalue weighted by Gasteiger charge is -2.28. The van der Waals surface area contributed by atoms with Gasteiger partial charge in [-0.15, -0.1) is 0 Å². The minimum atomic E-state index is -4.36. The van der Waals surface area contributed by atoms with Gasteiger partial charge in [0.25, 0.3) is 7.82 Å². The summed E-state index contributed by atoms with van der Waals surface area (Å²) in [5.41, 5.74) is 0. The summed E-state index contributed by atoms with van der Waals surface area (Å²) in [5, 5.41) is 12.1. The number of halogens is 2. The number of hydrogen-bond acceptors (Lipinski definition) is 5. The predicted molar refractivity (Wildman–Crippen MR) is 130 cm³/mol. The van der Waals surface area contributed by atoms with Crippen LogP contribution in [0.3, 0.4) is 0 Å². The molecule has 3 N–H and O–H groups in total. The molecule has 1 unspecified atom stereocenters. The van der Waals surface area contributed by atoms with Crippen molar-refractivity contribution >= 4 is 7.82 Å². The molecular weight excluding hydrogens is 498 g/mol. The van der Waals surface area contributed by atoms with Gasteiger partial charge in [-0.2, -0.15) is 0 Å². The lowest BCUT2D eigenvalue weighted by molar-refractivity contribution is -0.870. The van der Waals surface area contributed by atoms with Gasteiger partial charge in [-0.1, -0.05) is 83.3 Å². The Balaban J connectivity index is -0.00000480. The first-order valence-corrected chi connectivity index (χ1v) is 14.1. The van der Waals surface area contributed by atoms with Gasteiger partial charge in [0.05, 0.1) is 28.2 Å². The Morgan fingerprint density at radius 3 is 1.91 bits per heavy atom. The lowest BCUT2D eigenvalue weighted by Crippen LogP contribution is -3.00. The van der Waals surface area contributed by atoms with Gasteiger partial charge in [-0.3, -0.25) is 4.57 Å². The Morgan fingerprint density at radius 2 is 1.44 bits per heavy atom. The van der Waals surface area contributed by atoms with Crippen molar-refractivity contribution in [3.05, 3.63) is 12.2 Å². The molecule has 0 bridgehead atoms. The van der Waals surface area contributed by atoms with E-state index >= 15 is 0 Å². The second kappa shape index (κ2) is 23.7. The zero-order chi connectivity index (χ0) is 24.3. The first-order chi connectivity index (χ1) is 15.1. The Labute approximate surface area is 222 Å². The molecule has 34 heavy (non-hydrogen) atoms. The monoisotopic (exact) mass is 549 g/mol. The molecule has 0 aromatic heterocycles. The number of unbranched alkanes of at least 4 members (excludes halogenated alkanes) is 11. The van der Waals surface area contributed by atoms with Crippen molar-refractivity contribution in [2.75, 3.05) is 47.9 Å². The molecule has 0 fully saturated rings. The molecule has 0 aromatic carbocycles. The van der Waals surface area contributed by atoms with Crippen LogP contribution in [-0.4, -0.2) is 69.7 Å². The molecule has 0 spiro atoms. The van der Waals surface area contributed by atoms with Crippen molar-refractivity contribution < 1.29 is 58.2 Å². The van der Waals surface area contributed by atoms with Crippen LogP contribution < -0.4 is 35.0 Å². The Bertz CT molecular complexity index is 522. The number of phosphoric ester groups is 1. The maximum Gasteiger partial charge on any atom is 0.268 e. The van der Waals surface area contributed by atoms with Gasteiger partial charge >= 0.3 is 0 Å². The average Bonchev–Trinajstić information content (AvgIpc) is 2.70. The number of nitrogens with zero attached hydrogens (tertiary/aromatic N) is 1. The first kappa shape index (κ1) is 38.8. The van der Waals surface area contributed by atoms with E-state index in [0.717, 1.165) is 12.8 Å². The van der Waals surface area contributed by atoms with Crippen LogP contribution in [-0.2, 0) is 13.6 Å². The number of aliphatic hydroxyl groups excluding tert-OH is 1. The van der Waals surface area contributed by atoms with Crippen LogP contribution in [0.2, 0.25) is 0 Å². The van der Waals surface area contributed by atoms with Crippen LogP contribution in [0.15, 0.2) is 12.2 Å². The molecule has 0 radical (unpaired) electrons. The van der Waals surface area contributed by atoms with Crippen molar-refractivity contribution in [3.63, 3.8) is 0 Å².